The number of benzene rings is 2. The Kier molecular flexibility index (Phi) is 8.55. The van der Waals surface area contributed by atoms with Gasteiger partial charge in [0.1, 0.15) is 5.58 Å². The number of aryl methyl sites for hydroxylation is 1. The molecule has 0 radical (unpaired) electrons. The summed E-state index contributed by atoms with van der Waals surface area (Å²) in [5, 5.41) is 11.7. The molecule has 0 N–H and O–H groups in total. The molecular formula is C29H32N4O6. The minimum absolute atomic E-state index is 0.0498. The number of carbonyl (C=O) groups is 2. The van der Waals surface area contributed by atoms with Crippen LogP contribution in [0.2, 0.25) is 0 Å². The van der Waals surface area contributed by atoms with E-state index in [1.165, 1.54) is 30.3 Å². The van der Waals surface area contributed by atoms with Crippen molar-refractivity contribution < 1.29 is 18.9 Å². The van der Waals surface area contributed by atoms with Crippen molar-refractivity contribution in [2.45, 2.75) is 27.2 Å². The third kappa shape index (κ3) is 6.77. The molecule has 1 aliphatic rings. The second-order valence-corrected chi connectivity index (χ2v) is 9.90. The summed E-state index contributed by atoms with van der Waals surface area (Å²) in [7, 11) is 0. The number of anilines is 1. The fourth-order valence-corrected chi connectivity index (χ4v) is 4.58. The average molecular weight is 533 g/mol. The number of non-ortho nitro benzene ring substituents is 1. The van der Waals surface area contributed by atoms with Crippen molar-refractivity contribution in [3.63, 3.8) is 0 Å². The van der Waals surface area contributed by atoms with E-state index in [-0.39, 0.29) is 17.5 Å². The fourth-order valence-electron chi connectivity index (χ4n) is 4.58. The lowest BCUT2D eigenvalue weighted by Crippen LogP contribution is -2.49. The second kappa shape index (κ2) is 12.0. The number of hydrogen-bond donors (Lipinski definition) is 0. The van der Waals surface area contributed by atoms with E-state index in [2.05, 4.69) is 4.90 Å². The lowest BCUT2D eigenvalue weighted by atomic mass is 10.1. The first kappa shape index (κ1) is 27.7. The van der Waals surface area contributed by atoms with Crippen molar-refractivity contribution >= 4 is 34.2 Å². The number of hydrogen-bond acceptors (Lipinski definition) is 7. The summed E-state index contributed by atoms with van der Waals surface area (Å²) in [6, 6.07) is 12.6. The van der Waals surface area contributed by atoms with Crippen molar-refractivity contribution in [2.24, 2.45) is 0 Å². The summed E-state index contributed by atoms with van der Waals surface area (Å²) >= 11 is 0. The number of nitro benzene ring substituents is 1. The van der Waals surface area contributed by atoms with Crippen molar-refractivity contribution in [3.05, 3.63) is 91.8 Å². The maximum Gasteiger partial charge on any atom is 0.336 e. The van der Waals surface area contributed by atoms with Gasteiger partial charge in [-0.25, -0.2) is 4.79 Å². The lowest BCUT2D eigenvalue weighted by molar-refractivity contribution is -0.384. The van der Waals surface area contributed by atoms with Crippen LogP contribution in [-0.4, -0.2) is 65.8 Å². The van der Waals surface area contributed by atoms with Gasteiger partial charge in [0, 0.05) is 86.6 Å². The maximum absolute atomic E-state index is 13.4. The van der Waals surface area contributed by atoms with Gasteiger partial charge in [-0.2, -0.15) is 0 Å². The molecule has 2 amide bonds. The highest BCUT2D eigenvalue weighted by Gasteiger charge is 2.24. The molecule has 0 unspecified atom stereocenters. The predicted octanol–water partition coefficient (Wildman–Crippen LogP) is 4.16. The van der Waals surface area contributed by atoms with Crippen LogP contribution in [-0.2, 0) is 4.79 Å². The Morgan fingerprint density at radius 2 is 1.74 bits per heavy atom. The molecule has 39 heavy (non-hydrogen) atoms. The molecule has 1 fully saturated rings. The zero-order chi connectivity index (χ0) is 28.1. The van der Waals surface area contributed by atoms with E-state index >= 15 is 0 Å². The van der Waals surface area contributed by atoms with Gasteiger partial charge in [0.15, 0.2) is 0 Å². The summed E-state index contributed by atoms with van der Waals surface area (Å²) in [5.41, 5.74) is 2.96. The molecule has 0 bridgehead atoms. The number of carbonyl (C=O) groups excluding carboxylic acids is 2. The van der Waals surface area contributed by atoms with Gasteiger partial charge in [-0.1, -0.05) is 11.6 Å². The molecule has 0 atom stereocenters. The van der Waals surface area contributed by atoms with E-state index in [0.29, 0.717) is 62.5 Å². The van der Waals surface area contributed by atoms with E-state index in [1.807, 2.05) is 39.0 Å². The molecule has 1 saturated heterocycles. The third-order valence-corrected chi connectivity index (χ3v) is 6.86. The normalized spacial score (nSPS) is 13.8. The number of nitrogens with zero attached hydrogens (tertiary/aromatic N) is 4. The summed E-state index contributed by atoms with van der Waals surface area (Å²) < 4.78 is 5.39. The molecule has 0 aliphatic carbocycles. The van der Waals surface area contributed by atoms with Gasteiger partial charge >= 0.3 is 5.63 Å². The predicted molar refractivity (Wildman–Crippen MR) is 149 cm³/mol. The first-order valence-electron chi connectivity index (χ1n) is 12.9. The molecular weight excluding hydrogens is 500 g/mol. The van der Waals surface area contributed by atoms with Crippen LogP contribution in [0.15, 0.2) is 69.4 Å². The Morgan fingerprint density at radius 3 is 2.38 bits per heavy atom. The van der Waals surface area contributed by atoms with E-state index in [9.17, 15) is 24.5 Å². The van der Waals surface area contributed by atoms with Gasteiger partial charge in [0.2, 0.25) is 5.91 Å². The molecule has 0 saturated carbocycles. The minimum Gasteiger partial charge on any atom is -0.423 e. The van der Waals surface area contributed by atoms with Crippen LogP contribution in [0.4, 0.5) is 11.4 Å². The smallest absolute Gasteiger partial charge is 0.336 e. The van der Waals surface area contributed by atoms with Crippen LogP contribution >= 0.6 is 0 Å². The number of allylic oxidation sites excluding steroid dienone is 1. The van der Waals surface area contributed by atoms with Crippen LogP contribution < -0.4 is 10.5 Å². The number of fused-ring (bicyclic) bond motifs is 1. The molecule has 10 heteroatoms. The molecule has 1 aromatic heterocycles. The summed E-state index contributed by atoms with van der Waals surface area (Å²) in [5.74, 6) is -0.210. The average Bonchev–Trinajstić information content (AvgIpc) is 2.91. The number of piperazine rings is 1. The van der Waals surface area contributed by atoms with E-state index in [0.717, 1.165) is 16.5 Å². The number of amides is 2. The van der Waals surface area contributed by atoms with Crippen LogP contribution in [0.3, 0.4) is 0 Å². The van der Waals surface area contributed by atoms with Gasteiger partial charge < -0.3 is 14.2 Å². The van der Waals surface area contributed by atoms with E-state index in [1.54, 1.807) is 15.9 Å². The second-order valence-electron chi connectivity index (χ2n) is 9.90. The standard InChI is InChI=1S/C29H32N4O6/c1-20(2)10-13-32(24-8-9-25-21(3)18-28(35)39-26(25)19-24)27(34)11-12-30-14-16-31(17-15-30)29(36)22-4-6-23(7-5-22)33(37)38/h4-10,18-19H,11-17H2,1-3H3. The topological polar surface area (TPSA) is 117 Å². The van der Waals surface area contributed by atoms with Gasteiger partial charge in [-0.05, 0) is 50.6 Å². The minimum atomic E-state index is -0.492. The fraction of sp³-hybridized carbons (Fsp3) is 0.345. The first-order valence-corrected chi connectivity index (χ1v) is 12.9. The number of nitro groups is 1. The highest BCUT2D eigenvalue weighted by atomic mass is 16.6. The molecule has 204 valence electrons. The molecule has 3 aromatic rings. The Hall–Kier alpha value is -4.31. The highest BCUT2D eigenvalue weighted by molar-refractivity contribution is 5.96. The summed E-state index contributed by atoms with van der Waals surface area (Å²) in [4.78, 5) is 54.0. The third-order valence-electron chi connectivity index (χ3n) is 6.86. The quantitative estimate of drug-likeness (QED) is 0.185. The van der Waals surface area contributed by atoms with Gasteiger partial charge in [0.25, 0.3) is 11.6 Å². The molecule has 2 aromatic carbocycles. The van der Waals surface area contributed by atoms with Crippen LogP contribution in [0.25, 0.3) is 11.0 Å². The van der Waals surface area contributed by atoms with Crippen molar-refractivity contribution in [3.8, 4) is 0 Å². The van der Waals surface area contributed by atoms with Crippen LogP contribution in [0, 0.1) is 17.0 Å². The zero-order valence-corrected chi connectivity index (χ0v) is 22.4. The van der Waals surface area contributed by atoms with Crippen molar-refractivity contribution in [2.75, 3.05) is 44.2 Å². The summed E-state index contributed by atoms with van der Waals surface area (Å²) in [6.07, 6.45) is 2.28. The molecule has 1 aliphatic heterocycles. The highest BCUT2D eigenvalue weighted by Crippen LogP contribution is 2.24. The van der Waals surface area contributed by atoms with Crippen LogP contribution in [0.1, 0.15) is 36.2 Å². The first-order chi connectivity index (χ1) is 18.6. The Balaban J connectivity index is 1.38. The Morgan fingerprint density at radius 1 is 1.05 bits per heavy atom. The Labute approximate surface area is 226 Å². The summed E-state index contributed by atoms with van der Waals surface area (Å²) in [6.45, 7) is 9.02. The molecule has 10 nitrogen and oxygen atoms in total. The monoisotopic (exact) mass is 532 g/mol. The lowest BCUT2D eigenvalue weighted by Gasteiger charge is -2.35. The SMILES string of the molecule is CC(C)=CCN(C(=O)CCN1CCN(C(=O)c2ccc([N+](=O)[O-])cc2)CC1)c1ccc2c(C)cc(=O)oc2c1. The Bertz CT molecular complexity index is 1470. The van der Waals surface area contributed by atoms with Gasteiger partial charge in [-0.15, -0.1) is 0 Å². The van der Waals surface area contributed by atoms with Crippen molar-refractivity contribution in [1.29, 1.82) is 0 Å². The maximum atomic E-state index is 13.4. The van der Waals surface area contributed by atoms with E-state index < -0.39 is 10.5 Å². The van der Waals surface area contributed by atoms with Crippen molar-refractivity contribution in [1.82, 2.24) is 9.80 Å². The molecule has 0 spiro atoms. The molecule has 4 rings (SSSR count). The van der Waals surface area contributed by atoms with Gasteiger partial charge in [-0.3, -0.25) is 24.6 Å². The van der Waals surface area contributed by atoms with E-state index in [4.69, 9.17) is 4.42 Å². The molecule has 2 heterocycles. The zero-order valence-electron chi connectivity index (χ0n) is 22.4. The van der Waals surface area contributed by atoms with Crippen LogP contribution in [0.5, 0.6) is 0 Å². The number of rotatable bonds is 8. The van der Waals surface area contributed by atoms with Gasteiger partial charge in [0.05, 0.1) is 4.92 Å². The largest absolute Gasteiger partial charge is 0.423 e.